The summed E-state index contributed by atoms with van der Waals surface area (Å²) in [5.74, 6) is 0.0831. The monoisotopic (exact) mass is 391 g/mol. The second-order valence-electron chi connectivity index (χ2n) is 7.51. The van der Waals surface area contributed by atoms with Gasteiger partial charge in [0.1, 0.15) is 5.75 Å². The van der Waals surface area contributed by atoms with Crippen LogP contribution in [0.3, 0.4) is 0 Å². The van der Waals surface area contributed by atoms with E-state index in [-0.39, 0.29) is 18.6 Å². The predicted octanol–water partition coefficient (Wildman–Crippen LogP) is 2.65. The number of ether oxygens (including phenoxy) is 1. The number of carbonyl (C=O) groups is 2. The molecule has 28 heavy (non-hydrogen) atoms. The zero-order chi connectivity index (χ0) is 20.5. The van der Waals surface area contributed by atoms with E-state index in [1.165, 1.54) is 5.56 Å². The topological polar surface area (TPSA) is 82.1 Å². The van der Waals surface area contributed by atoms with Gasteiger partial charge in [0, 0.05) is 25.7 Å². The maximum absolute atomic E-state index is 12.4. The van der Waals surface area contributed by atoms with Crippen LogP contribution in [0.25, 0.3) is 0 Å². The molecule has 1 aromatic carbocycles. The zero-order valence-corrected chi connectivity index (χ0v) is 17.2. The van der Waals surface area contributed by atoms with Gasteiger partial charge in [-0.05, 0) is 63.8 Å². The normalized spacial score (nSPS) is 17.3. The van der Waals surface area contributed by atoms with E-state index in [1.807, 2.05) is 35.9 Å². The Balaban J connectivity index is 1.67. The molecule has 2 rings (SSSR count). The number of hydrogen-bond acceptors (Lipinski definition) is 4. The maximum atomic E-state index is 12.4. The quantitative estimate of drug-likeness (QED) is 0.666. The van der Waals surface area contributed by atoms with Crippen LogP contribution in [0.4, 0.5) is 4.79 Å². The van der Waals surface area contributed by atoms with Crippen molar-refractivity contribution in [2.75, 3.05) is 39.8 Å². The van der Waals surface area contributed by atoms with E-state index >= 15 is 0 Å². The Morgan fingerprint density at radius 3 is 2.82 bits per heavy atom. The molecule has 0 bridgehead atoms. The number of carboxylic acids is 1. The van der Waals surface area contributed by atoms with Crippen molar-refractivity contribution in [3.63, 3.8) is 0 Å². The molecule has 2 N–H and O–H groups in total. The summed E-state index contributed by atoms with van der Waals surface area (Å²) < 4.78 is 5.82. The van der Waals surface area contributed by atoms with Gasteiger partial charge in [-0.1, -0.05) is 12.1 Å². The molecule has 7 nitrogen and oxygen atoms in total. The fraction of sp³-hybridized carbons (Fsp3) is 0.619. The Kier molecular flexibility index (Phi) is 8.57. The Bertz CT molecular complexity index is 665. The van der Waals surface area contributed by atoms with E-state index in [4.69, 9.17) is 9.84 Å². The van der Waals surface area contributed by atoms with Crippen molar-refractivity contribution in [2.45, 2.75) is 45.6 Å². The van der Waals surface area contributed by atoms with Crippen molar-refractivity contribution < 1.29 is 19.4 Å². The first-order chi connectivity index (χ1) is 13.4. The molecule has 1 fully saturated rings. The number of amides is 2. The molecule has 1 heterocycles. The molecule has 1 aliphatic heterocycles. The third-order valence-corrected chi connectivity index (χ3v) is 5.40. The van der Waals surface area contributed by atoms with Gasteiger partial charge in [-0.2, -0.15) is 0 Å². The second kappa shape index (κ2) is 10.9. The smallest absolute Gasteiger partial charge is 0.317 e. The number of nitrogens with zero attached hydrogens (tertiary/aromatic N) is 2. The number of aliphatic carboxylic acids is 1. The first-order valence-electron chi connectivity index (χ1n) is 10.0. The van der Waals surface area contributed by atoms with Gasteiger partial charge >= 0.3 is 12.0 Å². The van der Waals surface area contributed by atoms with Crippen molar-refractivity contribution in [3.05, 3.63) is 29.3 Å². The number of likely N-dealkylation sites (tertiary alicyclic amines) is 1. The third-order valence-electron chi connectivity index (χ3n) is 5.40. The number of aryl methyl sites for hydroxylation is 1. The van der Waals surface area contributed by atoms with Gasteiger partial charge in [0.25, 0.3) is 0 Å². The molecule has 156 valence electrons. The van der Waals surface area contributed by atoms with Crippen molar-refractivity contribution in [1.82, 2.24) is 15.1 Å². The number of carbonyl (C=O) groups excluding carboxylic acids is 1. The molecule has 0 radical (unpaired) electrons. The van der Waals surface area contributed by atoms with Crippen LogP contribution in [0.1, 0.15) is 36.8 Å². The second-order valence-corrected chi connectivity index (χ2v) is 7.51. The molecule has 1 aliphatic rings. The summed E-state index contributed by atoms with van der Waals surface area (Å²) in [6.45, 7) is 6.65. The summed E-state index contributed by atoms with van der Waals surface area (Å²) in [6.07, 6.45) is 3.35. The van der Waals surface area contributed by atoms with Crippen molar-refractivity contribution >= 4 is 12.0 Å². The number of nitrogens with one attached hydrogen (secondary N) is 1. The fourth-order valence-electron chi connectivity index (χ4n) is 3.51. The van der Waals surface area contributed by atoms with Gasteiger partial charge in [0.15, 0.2) is 0 Å². The lowest BCUT2D eigenvalue weighted by Gasteiger charge is -2.25. The van der Waals surface area contributed by atoms with Crippen LogP contribution < -0.4 is 10.1 Å². The average molecular weight is 392 g/mol. The molecule has 1 atom stereocenters. The van der Waals surface area contributed by atoms with Crippen LogP contribution in [0.15, 0.2) is 18.2 Å². The van der Waals surface area contributed by atoms with Gasteiger partial charge < -0.3 is 20.1 Å². The van der Waals surface area contributed by atoms with Gasteiger partial charge in [-0.3, -0.25) is 9.69 Å². The minimum absolute atomic E-state index is 0.0390. The highest BCUT2D eigenvalue weighted by Gasteiger charge is 2.23. The number of benzene rings is 1. The minimum Gasteiger partial charge on any atom is -0.493 e. The summed E-state index contributed by atoms with van der Waals surface area (Å²) in [6, 6.07) is 6.18. The van der Waals surface area contributed by atoms with E-state index in [1.54, 1.807) is 0 Å². The van der Waals surface area contributed by atoms with Gasteiger partial charge in [0.05, 0.1) is 13.2 Å². The number of rotatable bonds is 8. The van der Waals surface area contributed by atoms with E-state index < -0.39 is 5.97 Å². The van der Waals surface area contributed by atoms with Crippen LogP contribution in [0.2, 0.25) is 0 Å². The molecular formula is C21H33N3O4. The van der Waals surface area contributed by atoms with Gasteiger partial charge in [-0.15, -0.1) is 0 Å². The lowest BCUT2D eigenvalue weighted by atomic mass is 10.1. The first kappa shape index (κ1) is 22.0. The Labute approximate surface area is 167 Å². The van der Waals surface area contributed by atoms with Crippen molar-refractivity contribution in [1.29, 1.82) is 0 Å². The van der Waals surface area contributed by atoms with E-state index in [0.29, 0.717) is 26.2 Å². The number of urea groups is 1. The standard InChI is InChI=1S/C21H33N3O4/c1-16-7-4-9-19(17(16)2)28-14-6-11-22-21(27)24-12-5-8-18(10-13-24)23(3)15-20(25)26/h4,7,9,18H,5-6,8,10-15H2,1-3H3,(H,22,27)(H,25,26). The highest BCUT2D eigenvalue weighted by atomic mass is 16.5. The molecule has 2 amide bonds. The van der Waals surface area contributed by atoms with Crippen LogP contribution in [0.5, 0.6) is 5.75 Å². The SMILES string of the molecule is Cc1cccc(OCCCNC(=O)N2CCCC(N(C)CC(=O)O)CC2)c1C. The molecular weight excluding hydrogens is 358 g/mol. The summed E-state index contributed by atoms with van der Waals surface area (Å²) in [4.78, 5) is 27.0. The van der Waals surface area contributed by atoms with Gasteiger partial charge in [0.2, 0.25) is 0 Å². The predicted molar refractivity (Wildman–Crippen MR) is 109 cm³/mol. The molecule has 1 aromatic rings. The minimum atomic E-state index is -0.815. The third kappa shape index (κ3) is 6.71. The highest BCUT2D eigenvalue weighted by molar-refractivity contribution is 5.74. The van der Waals surface area contributed by atoms with Gasteiger partial charge in [-0.25, -0.2) is 4.79 Å². The molecule has 0 aromatic heterocycles. The Morgan fingerprint density at radius 2 is 2.07 bits per heavy atom. The van der Waals surface area contributed by atoms with E-state index in [9.17, 15) is 9.59 Å². The van der Waals surface area contributed by atoms with Crippen LogP contribution in [-0.4, -0.2) is 72.8 Å². The Hall–Kier alpha value is -2.28. The maximum Gasteiger partial charge on any atom is 0.317 e. The largest absolute Gasteiger partial charge is 0.493 e. The number of carboxylic acid groups (broad SMARTS) is 1. The summed E-state index contributed by atoms with van der Waals surface area (Å²) in [5.41, 5.74) is 2.36. The summed E-state index contributed by atoms with van der Waals surface area (Å²) in [5, 5.41) is 11.9. The van der Waals surface area contributed by atoms with E-state index in [0.717, 1.165) is 37.0 Å². The lowest BCUT2D eigenvalue weighted by Crippen LogP contribution is -2.42. The number of hydrogen-bond donors (Lipinski definition) is 2. The molecule has 0 spiro atoms. The van der Waals surface area contributed by atoms with Crippen molar-refractivity contribution in [3.8, 4) is 5.75 Å². The molecule has 7 heteroatoms. The molecule has 0 aliphatic carbocycles. The summed E-state index contributed by atoms with van der Waals surface area (Å²) >= 11 is 0. The molecule has 0 saturated carbocycles. The Morgan fingerprint density at radius 1 is 1.29 bits per heavy atom. The molecule has 1 saturated heterocycles. The zero-order valence-electron chi connectivity index (χ0n) is 17.2. The lowest BCUT2D eigenvalue weighted by molar-refractivity contribution is -0.138. The van der Waals surface area contributed by atoms with E-state index in [2.05, 4.69) is 18.3 Å². The number of likely N-dealkylation sites (N-methyl/N-ethyl adjacent to an activating group) is 1. The summed E-state index contributed by atoms with van der Waals surface area (Å²) in [7, 11) is 1.84. The van der Waals surface area contributed by atoms with Crippen molar-refractivity contribution in [2.24, 2.45) is 0 Å². The highest BCUT2D eigenvalue weighted by Crippen LogP contribution is 2.20. The first-order valence-corrected chi connectivity index (χ1v) is 10.0. The van der Waals surface area contributed by atoms with Crippen LogP contribution in [-0.2, 0) is 4.79 Å². The van der Waals surface area contributed by atoms with Crippen LogP contribution >= 0.6 is 0 Å². The van der Waals surface area contributed by atoms with Crippen LogP contribution in [0, 0.1) is 13.8 Å². The fourth-order valence-corrected chi connectivity index (χ4v) is 3.51. The average Bonchev–Trinajstić information content (AvgIpc) is 2.90. The molecule has 1 unspecified atom stereocenters.